The van der Waals surface area contributed by atoms with Gasteiger partial charge in [-0.05, 0) is 57.4 Å². The van der Waals surface area contributed by atoms with E-state index in [0.717, 1.165) is 5.56 Å². The van der Waals surface area contributed by atoms with Gasteiger partial charge in [0.15, 0.2) is 18.1 Å². The van der Waals surface area contributed by atoms with Crippen molar-refractivity contribution in [3.63, 3.8) is 0 Å². The molecule has 32 heavy (non-hydrogen) atoms. The van der Waals surface area contributed by atoms with Crippen molar-refractivity contribution >= 4 is 51.3 Å². The van der Waals surface area contributed by atoms with E-state index in [-0.39, 0.29) is 6.61 Å². The van der Waals surface area contributed by atoms with Gasteiger partial charge < -0.3 is 14.2 Å². The van der Waals surface area contributed by atoms with Crippen LogP contribution in [0.25, 0.3) is 0 Å². The van der Waals surface area contributed by atoms with Gasteiger partial charge in [0.05, 0.1) is 22.8 Å². The Morgan fingerprint density at radius 2 is 1.84 bits per heavy atom. The lowest BCUT2D eigenvalue weighted by Gasteiger charge is -2.13. The second-order valence-corrected chi connectivity index (χ2v) is 8.16. The average molecular weight is 538 g/mol. The number of amides is 1. The maximum atomic E-state index is 12.0. The lowest BCUT2D eigenvalue weighted by molar-refractivity contribution is -0.123. The van der Waals surface area contributed by atoms with Crippen LogP contribution in [0.1, 0.15) is 11.1 Å². The first-order chi connectivity index (χ1) is 15.5. The van der Waals surface area contributed by atoms with E-state index >= 15 is 0 Å². The van der Waals surface area contributed by atoms with Gasteiger partial charge >= 0.3 is 0 Å². The van der Waals surface area contributed by atoms with Crippen LogP contribution in [0.3, 0.4) is 0 Å². The number of nitrogens with zero attached hydrogens (tertiary/aromatic N) is 1. The van der Waals surface area contributed by atoms with Gasteiger partial charge in [0.1, 0.15) is 12.4 Å². The predicted octanol–water partition coefficient (Wildman–Crippen LogP) is 5.87. The molecule has 3 aromatic rings. The van der Waals surface area contributed by atoms with Crippen LogP contribution < -0.4 is 19.6 Å². The Balaban J connectivity index is 1.57. The SMILES string of the molecule is COc1cc(/C=N/NC(=O)COc2ccc(Cl)cc2Cl)cc(Br)c1OCc1ccccc1. The quantitative estimate of drug-likeness (QED) is 0.273. The zero-order valence-corrected chi connectivity index (χ0v) is 20.1. The normalized spacial score (nSPS) is 10.8. The van der Waals surface area contributed by atoms with Crippen LogP contribution in [0.4, 0.5) is 0 Å². The van der Waals surface area contributed by atoms with Gasteiger partial charge in [0.2, 0.25) is 0 Å². The fourth-order valence-electron chi connectivity index (χ4n) is 2.63. The van der Waals surface area contributed by atoms with Crippen LogP contribution in [-0.4, -0.2) is 25.8 Å². The van der Waals surface area contributed by atoms with Gasteiger partial charge in [0.25, 0.3) is 5.91 Å². The van der Waals surface area contributed by atoms with E-state index < -0.39 is 5.91 Å². The number of nitrogens with one attached hydrogen (secondary N) is 1. The number of hydrogen-bond acceptors (Lipinski definition) is 5. The summed E-state index contributed by atoms with van der Waals surface area (Å²) in [5, 5.41) is 4.76. The molecule has 0 aliphatic carbocycles. The molecule has 0 aromatic heterocycles. The molecule has 0 atom stereocenters. The van der Waals surface area contributed by atoms with Crippen molar-refractivity contribution in [3.05, 3.63) is 86.3 Å². The summed E-state index contributed by atoms with van der Waals surface area (Å²) in [5.41, 5.74) is 4.14. The van der Waals surface area contributed by atoms with Gasteiger partial charge in [-0.1, -0.05) is 53.5 Å². The highest BCUT2D eigenvalue weighted by Crippen LogP contribution is 2.36. The van der Waals surface area contributed by atoms with Crippen LogP contribution in [-0.2, 0) is 11.4 Å². The van der Waals surface area contributed by atoms with E-state index in [9.17, 15) is 4.79 Å². The first-order valence-corrected chi connectivity index (χ1v) is 10.9. The molecule has 6 nitrogen and oxygen atoms in total. The van der Waals surface area contributed by atoms with Gasteiger partial charge in [-0.25, -0.2) is 5.43 Å². The van der Waals surface area contributed by atoms with Crippen LogP contribution in [0, 0.1) is 0 Å². The third-order valence-electron chi connectivity index (χ3n) is 4.13. The fourth-order valence-corrected chi connectivity index (χ4v) is 3.67. The van der Waals surface area contributed by atoms with E-state index in [0.29, 0.717) is 43.9 Å². The number of rotatable bonds is 9. The zero-order valence-electron chi connectivity index (χ0n) is 17.0. The minimum atomic E-state index is -0.443. The van der Waals surface area contributed by atoms with Gasteiger partial charge in [-0.15, -0.1) is 0 Å². The molecule has 1 N–H and O–H groups in total. The summed E-state index contributed by atoms with van der Waals surface area (Å²) < 4.78 is 17.4. The lowest BCUT2D eigenvalue weighted by atomic mass is 10.2. The Labute approximate surface area is 204 Å². The molecular weight excluding hydrogens is 519 g/mol. The lowest BCUT2D eigenvalue weighted by Crippen LogP contribution is -2.24. The van der Waals surface area contributed by atoms with Crippen LogP contribution in [0.5, 0.6) is 17.2 Å². The summed E-state index contributed by atoms with van der Waals surface area (Å²) in [6.45, 7) is 0.148. The second kappa shape index (κ2) is 11.8. The predicted molar refractivity (Wildman–Crippen MR) is 129 cm³/mol. The summed E-state index contributed by atoms with van der Waals surface area (Å²) in [7, 11) is 1.55. The number of carbonyl (C=O) groups is 1. The smallest absolute Gasteiger partial charge is 0.277 e. The van der Waals surface area contributed by atoms with Gasteiger partial charge in [-0.2, -0.15) is 5.10 Å². The highest BCUT2D eigenvalue weighted by Gasteiger charge is 2.12. The minimum absolute atomic E-state index is 0.252. The molecule has 0 saturated heterocycles. The number of benzene rings is 3. The van der Waals surface area contributed by atoms with E-state index in [2.05, 4.69) is 26.5 Å². The standard InChI is InChI=1S/C23H19BrCl2N2O4/c1-30-21-10-16(9-18(24)23(21)32-13-15-5-3-2-4-6-15)12-27-28-22(29)14-31-20-8-7-17(25)11-19(20)26/h2-12H,13-14H2,1H3,(H,28,29)/b27-12+. The molecule has 0 unspecified atom stereocenters. The summed E-state index contributed by atoms with van der Waals surface area (Å²) in [5.74, 6) is 1.02. The summed E-state index contributed by atoms with van der Waals surface area (Å²) in [6, 6.07) is 18.1. The van der Waals surface area contributed by atoms with Gasteiger partial charge in [0, 0.05) is 5.02 Å². The minimum Gasteiger partial charge on any atom is -0.493 e. The molecule has 0 fully saturated rings. The van der Waals surface area contributed by atoms with Crippen molar-refractivity contribution in [2.75, 3.05) is 13.7 Å². The van der Waals surface area contributed by atoms with E-state index in [1.165, 1.54) is 12.3 Å². The number of ether oxygens (including phenoxy) is 3. The fraction of sp³-hybridized carbons (Fsp3) is 0.130. The Kier molecular flexibility index (Phi) is 8.79. The van der Waals surface area contributed by atoms with Crippen molar-refractivity contribution in [1.29, 1.82) is 0 Å². The molecule has 0 radical (unpaired) electrons. The third-order valence-corrected chi connectivity index (χ3v) is 5.25. The van der Waals surface area contributed by atoms with E-state index in [1.807, 2.05) is 36.4 Å². The molecule has 166 valence electrons. The summed E-state index contributed by atoms with van der Waals surface area (Å²) in [4.78, 5) is 12.0. The van der Waals surface area contributed by atoms with Crippen molar-refractivity contribution in [2.45, 2.75) is 6.61 Å². The van der Waals surface area contributed by atoms with Crippen molar-refractivity contribution in [1.82, 2.24) is 5.43 Å². The number of hydrazone groups is 1. The molecule has 1 amide bonds. The maximum Gasteiger partial charge on any atom is 0.277 e. The topological polar surface area (TPSA) is 69.2 Å². The molecule has 3 aromatic carbocycles. The van der Waals surface area contributed by atoms with Gasteiger partial charge in [-0.3, -0.25) is 4.79 Å². The Morgan fingerprint density at radius 3 is 2.56 bits per heavy atom. The highest BCUT2D eigenvalue weighted by molar-refractivity contribution is 9.10. The Morgan fingerprint density at radius 1 is 1.06 bits per heavy atom. The average Bonchev–Trinajstić information content (AvgIpc) is 2.78. The zero-order chi connectivity index (χ0) is 22.9. The van der Waals surface area contributed by atoms with E-state index in [1.54, 1.807) is 25.3 Å². The molecular formula is C23H19BrCl2N2O4. The molecule has 3 rings (SSSR count). The van der Waals surface area contributed by atoms with Crippen LogP contribution in [0.2, 0.25) is 10.0 Å². The number of methoxy groups -OCH3 is 1. The Hall–Kier alpha value is -2.74. The maximum absolute atomic E-state index is 12.0. The monoisotopic (exact) mass is 536 g/mol. The van der Waals surface area contributed by atoms with Crippen molar-refractivity contribution in [2.24, 2.45) is 5.10 Å². The Bertz CT molecular complexity index is 1110. The molecule has 0 spiro atoms. The van der Waals surface area contributed by atoms with Crippen LogP contribution >= 0.6 is 39.1 Å². The molecule has 0 heterocycles. The number of hydrogen-bond donors (Lipinski definition) is 1. The van der Waals surface area contributed by atoms with E-state index in [4.69, 9.17) is 37.4 Å². The molecule has 0 bridgehead atoms. The van der Waals surface area contributed by atoms with Crippen molar-refractivity contribution in [3.8, 4) is 17.2 Å². The molecule has 0 aliphatic rings. The first-order valence-electron chi connectivity index (χ1n) is 9.40. The van der Waals surface area contributed by atoms with Crippen molar-refractivity contribution < 1.29 is 19.0 Å². The molecule has 0 saturated carbocycles. The highest BCUT2D eigenvalue weighted by atomic mass is 79.9. The number of halogens is 3. The summed E-state index contributed by atoms with van der Waals surface area (Å²) in [6.07, 6.45) is 1.49. The largest absolute Gasteiger partial charge is 0.493 e. The number of carbonyl (C=O) groups excluding carboxylic acids is 1. The molecule has 0 aliphatic heterocycles. The summed E-state index contributed by atoms with van der Waals surface area (Å²) >= 11 is 15.3. The second-order valence-electron chi connectivity index (χ2n) is 6.46. The first kappa shape index (κ1) is 23.9. The van der Waals surface area contributed by atoms with Crippen LogP contribution in [0.15, 0.2) is 70.2 Å². The third kappa shape index (κ3) is 6.88. The molecule has 9 heteroatoms.